The van der Waals surface area contributed by atoms with E-state index in [4.69, 9.17) is 0 Å². The van der Waals surface area contributed by atoms with Gasteiger partial charge in [-0.05, 0) is 95.4 Å². The molecule has 0 saturated carbocycles. The number of hydrogen-bond donors (Lipinski definition) is 2. The lowest BCUT2D eigenvalue weighted by atomic mass is 9.67. The highest BCUT2D eigenvalue weighted by molar-refractivity contribution is 8.76. The Balaban J connectivity index is 0.903. The quantitative estimate of drug-likeness (QED) is 0.0778. The van der Waals surface area contributed by atoms with Crippen LogP contribution in [0.2, 0.25) is 0 Å². The van der Waals surface area contributed by atoms with Crippen molar-refractivity contribution in [3.8, 4) is 0 Å². The molecule has 3 aliphatic carbocycles. The molecule has 356 valence electrons. The molecule has 6 rings (SSSR count). The third kappa shape index (κ3) is 13.4. The highest BCUT2D eigenvalue weighted by Crippen LogP contribution is 2.47. The maximum atomic E-state index is 12.9. The summed E-state index contributed by atoms with van der Waals surface area (Å²) < 4.78 is 0. The van der Waals surface area contributed by atoms with Crippen LogP contribution in [0, 0.1) is 11.3 Å². The van der Waals surface area contributed by atoms with Crippen molar-refractivity contribution in [3.05, 3.63) is 189 Å². The molecule has 0 fully saturated rings. The number of carbonyl (C=O) groups excluding carboxylic acids is 2. The van der Waals surface area contributed by atoms with E-state index in [-0.39, 0.29) is 33.5 Å². The predicted octanol–water partition coefficient (Wildman–Crippen LogP) is 15.5. The number of rotatable bonds is 22. The van der Waals surface area contributed by atoms with E-state index in [1.807, 2.05) is 0 Å². The standard InChI is InChI=1S/C61H78N2O2S2/c1-10-60(8,50-22-13-11-14-23-50)53-34-31-49(32-35-53)59(6,7)55-29-18-21-47(41-55)44-63-57(65)37-39-67-66-38-36-56(64)62-43-46-20-17-28-54(40-46)58(4,5)48-26-19-27-52(33-30-48)61(9,42-45(2)3)51-24-15-12-16-25-51/h11-13,15,17-18,20-22,24,26-35,40-41,45H,10,14,16,19,23,25,36-39,42-44H2,1-9H3,(H,62,64)(H,63,65). The molecule has 6 heteroatoms. The van der Waals surface area contributed by atoms with Crippen LogP contribution in [-0.2, 0) is 38.9 Å². The molecule has 2 N–H and O–H groups in total. The normalized spacial score (nSPS) is 17.1. The molecule has 4 nitrogen and oxygen atoms in total. The molecule has 0 bridgehead atoms. The van der Waals surface area contributed by atoms with Crippen LogP contribution < -0.4 is 10.6 Å². The summed E-state index contributed by atoms with van der Waals surface area (Å²) in [6.07, 6.45) is 31.7. The first kappa shape index (κ1) is 51.9. The van der Waals surface area contributed by atoms with Crippen LogP contribution in [0.25, 0.3) is 0 Å². The van der Waals surface area contributed by atoms with Gasteiger partial charge in [0.25, 0.3) is 0 Å². The van der Waals surface area contributed by atoms with Crippen LogP contribution in [0.15, 0.2) is 156 Å². The Hall–Kier alpha value is -4.52. The molecule has 0 saturated heterocycles. The Bertz CT molecular complexity index is 2410. The molecule has 0 aromatic heterocycles. The zero-order valence-corrected chi connectivity index (χ0v) is 43.7. The zero-order valence-electron chi connectivity index (χ0n) is 42.1. The fourth-order valence-electron chi connectivity index (χ4n) is 10.2. The van der Waals surface area contributed by atoms with E-state index in [9.17, 15) is 9.59 Å². The Labute approximate surface area is 412 Å². The third-order valence-electron chi connectivity index (χ3n) is 14.9. The van der Waals surface area contributed by atoms with E-state index in [2.05, 4.69) is 207 Å². The van der Waals surface area contributed by atoms with Crippen LogP contribution in [-0.4, -0.2) is 23.3 Å². The first-order valence-electron chi connectivity index (χ1n) is 25.0. The summed E-state index contributed by atoms with van der Waals surface area (Å²) in [5, 5.41) is 6.27. The lowest BCUT2D eigenvalue weighted by Crippen LogP contribution is -2.25. The molecule has 67 heavy (non-hydrogen) atoms. The van der Waals surface area contributed by atoms with Gasteiger partial charge in [0.15, 0.2) is 0 Å². The summed E-state index contributed by atoms with van der Waals surface area (Å²) >= 11 is 0. The van der Waals surface area contributed by atoms with Crippen LogP contribution in [0.3, 0.4) is 0 Å². The minimum absolute atomic E-state index is 0.0276. The minimum atomic E-state index is -0.190. The number of hydrogen-bond acceptors (Lipinski definition) is 4. The summed E-state index contributed by atoms with van der Waals surface area (Å²) in [6, 6.07) is 26.6. The topological polar surface area (TPSA) is 58.2 Å². The lowest BCUT2D eigenvalue weighted by molar-refractivity contribution is -0.121. The highest BCUT2D eigenvalue weighted by Gasteiger charge is 2.34. The van der Waals surface area contributed by atoms with Gasteiger partial charge in [0, 0.05) is 59.1 Å². The highest BCUT2D eigenvalue weighted by atomic mass is 33.1. The molecule has 3 aromatic carbocycles. The van der Waals surface area contributed by atoms with Gasteiger partial charge >= 0.3 is 0 Å². The Morgan fingerprint density at radius 1 is 0.612 bits per heavy atom. The van der Waals surface area contributed by atoms with E-state index in [0.717, 1.165) is 56.1 Å². The van der Waals surface area contributed by atoms with Gasteiger partial charge in [-0.3, -0.25) is 9.59 Å². The van der Waals surface area contributed by atoms with Crippen molar-refractivity contribution in [3.63, 3.8) is 0 Å². The predicted molar refractivity (Wildman–Crippen MR) is 290 cm³/mol. The van der Waals surface area contributed by atoms with Gasteiger partial charge in [0.05, 0.1) is 0 Å². The third-order valence-corrected chi connectivity index (χ3v) is 17.3. The van der Waals surface area contributed by atoms with E-state index in [0.29, 0.717) is 43.4 Å². The van der Waals surface area contributed by atoms with Gasteiger partial charge in [-0.25, -0.2) is 0 Å². The molecule has 3 aromatic rings. The Kier molecular flexibility index (Phi) is 18.3. The first-order chi connectivity index (χ1) is 32.1. The largest absolute Gasteiger partial charge is 0.352 e. The number of amides is 2. The number of carbonyl (C=O) groups is 2. The molecule has 0 heterocycles. The fraction of sp³-hybridized carbons (Fsp3) is 0.443. The number of nitrogens with one attached hydrogen (secondary N) is 2. The summed E-state index contributed by atoms with van der Waals surface area (Å²) in [4.78, 5) is 25.7. The monoisotopic (exact) mass is 935 g/mol. The molecular weight excluding hydrogens is 857 g/mol. The number of allylic oxidation sites excluding steroid dienone is 14. The molecule has 0 radical (unpaired) electrons. The summed E-state index contributed by atoms with van der Waals surface area (Å²) in [5.41, 5.74) is 12.8. The van der Waals surface area contributed by atoms with E-state index in [1.54, 1.807) is 27.2 Å². The van der Waals surface area contributed by atoms with Crippen molar-refractivity contribution in [1.82, 2.24) is 10.6 Å². The molecule has 0 aliphatic heterocycles. The van der Waals surface area contributed by atoms with E-state index >= 15 is 0 Å². The van der Waals surface area contributed by atoms with E-state index < -0.39 is 0 Å². The van der Waals surface area contributed by atoms with Crippen molar-refractivity contribution < 1.29 is 9.59 Å². The average molecular weight is 935 g/mol. The molecule has 2 amide bonds. The van der Waals surface area contributed by atoms with Crippen molar-refractivity contribution in [2.24, 2.45) is 11.3 Å². The minimum Gasteiger partial charge on any atom is -0.352 e. The van der Waals surface area contributed by atoms with E-state index in [1.165, 1.54) is 39.0 Å². The van der Waals surface area contributed by atoms with Gasteiger partial charge in [0.1, 0.15) is 0 Å². The molecule has 2 atom stereocenters. The van der Waals surface area contributed by atoms with Gasteiger partial charge in [-0.1, -0.05) is 229 Å². The molecule has 3 aliphatic rings. The summed E-state index contributed by atoms with van der Waals surface area (Å²) in [7, 11) is 3.31. The molecular formula is C61H78N2O2S2. The Morgan fingerprint density at radius 3 is 1.61 bits per heavy atom. The van der Waals surface area contributed by atoms with Crippen molar-refractivity contribution in [2.45, 2.75) is 149 Å². The summed E-state index contributed by atoms with van der Waals surface area (Å²) in [6.45, 7) is 22.0. The van der Waals surface area contributed by atoms with Crippen LogP contribution >= 0.6 is 21.6 Å². The smallest absolute Gasteiger partial charge is 0.221 e. The number of benzene rings is 3. The second-order valence-corrected chi connectivity index (χ2v) is 23.4. The SMILES string of the molecule is CCC(C)(C1=CC=CCC1)c1ccc(C(C)(C)c2cccc(CNC(=O)CCSSCCC(=O)NCc3cccc(C(C)(C)C4=CCC=C(C(C)(CC(C)C)C5=CC=CCC5)C=C4)c3)c2)cc1. The van der Waals surface area contributed by atoms with Crippen LogP contribution in [0.4, 0.5) is 0 Å². The Morgan fingerprint density at radius 2 is 1.10 bits per heavy atom. The van der Waals surface area contributed by atoms with Gasteiger partial charge in [-0.15, -0.1) is 0 Å². The summed E-state index contributed by atoms with van der Waals surface area (Å²) in [5.74, 6) is 2.09. The van der Waals surface area contributed by atoms with Crippen molar-refractivity contribution in [1.29, 1.82) is 0 Å². The zero-order chi connectivity index (χ0) is 48.1. The van der Waals surface area contributed by atoms with Crippen LogP contribution in [0.1, 0.15) is 153 Å². The van der Waals surface area contributed by atoms with Crippen LogP contribution in [0.5, 0.6) is 0 Å². The van der Waals surface area contributed by atoms with Crippen molar-refractivity contribution >= 4 is 33.4 Å². The van der Waals surface area contributed by atoms with Crippen molar-refractivity contribution in [2.75, 3.05) is 11.5 Å². The molecule has 2 unspecified atom stereocenters. The average Bonchev–Trinajstić information content (AvgIpc) is 3.62. The maximum absolute atomic E-state index is 12.9. The molecule has 0 spiro atoms. The lowest BCUT2D eigenvalue weighted by Gasteiger charge is -2.37. The fourth-order valence-corrected chi connectivity index (χ4v) is 12.2. The first-order valence-corrected chi connectivity index (χ1v) is 27.4. The second kappa shape index (κ2) is 23.7. The van der Waals surface area contributed by atoms with Gasteiger partial charge in [0.2, 0.25) is 11.8 Å². The van der Waals surface area contributed by atoms with Gasteiger partial charge < -0.3 is 10.6 Å². The van der Waals surface area contributed by atoms with Gasteiger partial charge in [-0.2, -0.15) is 0 Å². The maximum Gasteiger partial charge on any atom is 0.221 e. The second-order valence-electron chi connectivity index (χ2n) is 20.7.